The topological polar surface area (TPSA) is 72.7 Å². The largest absolute Gasteiger partial charge is 0.325 e. The van der Waals surface area contributed by atoms with Crippen LogP contribution in [0.1, 0.15) is 19.4 Å². The Labute approximate surface area is 157 Å². The van der Waals surface area contributed by atoms with Gasteiger partial charge in [0.05, 0.1) is 5.75 Å². The zero-order valence-electron chi connectivity index (χ0n) is 14.8. The van der Waals surface area contributed by atoms with Crippen LogP contribution in [0.4, 0.5) is 5.69 Å². The molecule has 1 N–H and O–H groups in total. The number of aryl methyl sites for hydroxylation is 1. The standard InChI is InChI=1S/C19H21N5OS/c1-3-14-8-5-6-10-16(14)21-17(25)13-26-19-23-22-18(24(19)4-2)15-9-7-11-20-12-15/h5-12H,3-4,13H2,1-2H3,(H,21,25). The van der Waals surface area contributed by atoms with Gasteiger partial charge in [0.25, 0.3) is 0 Å². The van der Waals surface area contributed by atoms with Crippen LogP contribution in [0.3, 0.4) is 0 Å². The van der Waals surface area contributed by atoms with E-state index in [0.29, 0.717) is 0 Å². The first-order valence-corrected chi connectivity index (χ1v) is 9.55. The highest BCUT2D eigenvalue weighted by atomic mass is 32.2. The normalized spacial score (nSPS) is 10.7. The second-order valence-corrected chi connectivity index (χ2v) is 6.58. The number of aromatic nitrogens is 4. The number of nitrogens with one attached hydrogen (secondary N) is 1. The molecule has 0 aliphatic rings. The Morgan fingerprint density at radius 1 is 1.15 bits per heavy atom. The van der Waals surface area contributed by atoms with Crippen LogP contribution in [-0.4, -0.2) is 31.4 Å². The molecule has 2 aromatic heterocycles. The van der Waals surface area contributed by atoms with E-state index in [2.05, 4.69) is 27.4 Å². The lowest BCUT2D eigenvalue weighted by Crippen LogP contribution is -2.15. The van der Waals surface area contributed by atoms with Crippen LogP contribution in [0.5, 0.6) is 0 Å². The van der Waals surface area contributed by atoms with Crippen LogP contribution in [-0.2, 0) is 17.8 Å². The van der Waals surface area contributed by atoms with Gasteiger partial charge in [-0.15, -0.1) is 10.2 Å². The zero-order chi connectivity index (χ0) is 18.4. The summed E-state index contributed by atoms with van der Waals surface area (Å²) in [6.45, 7) is 4.83. The second-order valence-electron chi connectivity index (χ2n) is 5.64. The van der Waals surface area contributed by atoms with Crippen molar-refractivity contribution in [2.75, 3.05) is 11.1 Å². The third-order valence-corrected chi connectivity index (χ3v) is 4.92. The fourth-order valence-corrected chi connectivity index (χ4v) is 3.46. The molecular formula is C19H21N5OS. The first-order chi connectivity index (χ1) is 12.7. The molecule has 7 heteroatoms. The molecule has 134 valence electrons. The number of rotatable bonds is 7. The van der Waals surface area contributed by atoms with Crippen molar-refractivity contribution in [2.45, 2.75) is 32.0 Å². The number of amides is 1. The number of carbonyl (C=O) groups excluding carboxylic acids is 1. The van der Waals surface area contributed by atoms with Gasteiger partial charge in [0, 0.05) is 30.2 Å². The van der Waals surface area contributed by atoms with Crippen LogP contribution in [0.2, 0.25) is 0 Å². The Hall–Kier alpha value is -2.67. The molecule has 0 atom stereocenters. The predicted molar refractivity (Wildman–Crippen MR) is 104 cm³/mol. The number of anilines is 1. The second kappa shape index (κ2) is 8.62. The van der Waals surface area contributed by atoms with Gasteiger partial charge >= 0.3 is 0 Å². The first kappa shape index (κ1) is 18.1. The number of hydrogen-bond acceptors (Lipinski definition) is 5. The molecule has 3 aromatic rings. The molecule has 0 saturated carbocycles. The summed E-state index contributed by atoms with van der Waals surface area (Å²) in [6.07, 6.45) is 4.37. The molecule has 6 nitrogen and oxygen atoms in total. The number of para-hydroxylation sites is 1. The zero-order valence-corrected chi connectivity index (χ0v) is 15.7. The predicted octanol–water partition coefficient (Wildman–Crippen LogP) is 3.65. The monoisotopic (exact) mass is 367 g/mol. The van der Waals surface area contributed by atoms with Crippen molar-refractivity contribution < 1.29 is 4.79 Å². The molecule has 1 aromatic carbocycles. The molecule has 3 rings (SSSR count). The third-order valence-electron chi connectivity index (χ3n) is 3.96. The van der Waals surface area contributed by atoms with Gasteiger partial charge in [0.2, 0.25) is 5.91 Å². The van der Waals surface area contributed by atoms with Gasteiger partial charge in [-0.05, 0) is 37.1 Å². The number of hydrogen-bond donors (Lipinski definition) is 1. The third kappa shape index (κ3) is 4.11. The molecule has 0 spiro atoms. The smallest absolute Gasteiger partial charge is 0.234 e. The van der Waals surface area contributed by atoms with E-state index in [1.165, 1.54) is 11.8 Å². The van der Waals surface area contributed by atoms with Crippen molar-refractivity contribution in [3.63, 3.8) is 0 Å². The summed E-state index contributed by atoms with van der Waals surface area (Å²) in [5.41, 5.74) is 2.91. The summed E-state index contributed by atoms with van der Waals surface area (Å²) in [5, 5.41) is 12.2. The molecule has 0 unspecified atom stereocenters. The lowest BCUT2D eigenvalue weighted by Gasteiger charge is -2.10. The van der Waals surface area contributed by atoms with Gasteiger partial charge in [-0.3, -0.25) is 9.78 Å². The van der Waals surface area contributed by atoms with Crippen molar-refractivity contribution in [1.29, 1.82) is 0 Å². The average molecular weight is 367 g/mol. The highest BCUT2D eigenvalue weighted by Gasteiger charge is 2.15. The molecule has 0 aliphatic carbocycles. The van der Waals surface area contributed by atoms with E-state index in [1.54, 1.807) is 12.4 Å². The van der Waals surface area contributed by atoms with E-state index in [0.717, 1.165) is 40.8 Å². The van der Waals surface area contributed by atoms with Gasteiger partial charge in [-0.2, -0.15) is 0 Å². The summed E-state index contributed by atoms with van der Waals surface area (Å²) < 4.78 is 1.99. The maximum absolute atomic E-state index is 12.3. The van der Waals surface area contributed by atoms with Gasteiger partial charge in [0.15, 0.2) is 11.0 Å². The fourth-order valence-electron chi connectivity index (χ4n) is 2.66. The van der Waals surface area contributed by atoms with E-state index in [9.17, 15) is 4.79 Å². The molecule has 1 amide bonds. The summed E-state index contributed by atoms with van der Waals surface area (Å²) in [7, 11) is 0. The number of thioether (sulfide) groups is 1. The lowest BCUT2D eigenvalue weighted by atomic mass is 10.1. The quantitative estimate of drug-likeness (QED) is 0.645. The maximum atomic E-state index is 12.3. The van der Waals surface area contributed by atoms with E-state index in [1.807, 2.05) is 47.9 Å². The Kier molecular flexibility index (Phi) is 6.01. The van der Waals surface area contributed by atoms with E-state index in [-0.39, 0.29) is 11.7 Å². The Bertz CT molecular complexity index is 879. The van der Waals surface area contributed by atoms with E-state index < -0.39 is 0 Å². The lowest BCUT2D eigenvalue weighted by molar-refractivity contribution is -0.113. The Balaban J connectivity index is 1.68. The Morgan fingerprint density at radius 2 is 2.00 bits per heavy atom. The molecular weight excluding hydrogens is 346 g/mol. The van der Waals surface area contributed by atoms with Crippen molar-refractivity contribution in [2.24, 2.45) is 0 Å². The average Bonchev–Trinajstić information content (AvgIpc) is 3.10. The first-order valence-electron chi connectivity index (χ1n) is 8.57. The van der Waals surface area contributed by atoms with E-state index >= 15 is 0 Å². The number of carbonyl (C=O) groups is 1. The van der Waals surface area contributed by atoms with Gasteiger partial charge in [0.1, 0.15) is 0 Å². The molecule has 26 heavy (non-hydrogen) atoms. The molecule has 0 radical (unpaired) electrons. The molecule has 0 saturated heterocycles. The van der Waals surface area contributed by atoms with Crippen LogP contribution in [0.15, 0.2) is 53.9 Å². The van der Waals surface area contributed by atoms with Gasteiger partial charge in [-0.1, -0.05) is 36.9 Å². The molecule has 0 fully saturated rings. The van der Waals surface area contributed by atoms with Crippen molar-refractivity contribution in [3.8, 4) is 11.4 Å². The minimum Gasteiger partial charge on any atom is -0.325 e. The summed E-state index contributed by atoms with van der Waals surface area (Å²) in [5.74, 6) is 0.993. The minimum atomic E-state index is -0.0514. The molecule has 0 bridgehead atoms. The van der Waals surface area contributed by atoms with Crippen molar-refractivity contribution >= 4 is 23.4 Å². The molecule has 2 heterocycles. The number of benzene rings is 1. The van der Waals surface area contributed by atoms with Crippen LogP contribution in [0.25, 0.3) is 11.4 Å². The summed E-state index contributed by atoms with van der Waals surface area (Å²) >= 11 is 1.38. The minimum absolute atomic E-state index is 0.0514. The van der Waals surface area contributed by atoms with Crippen LogP contribution in [0, 0.1) is 0 Å². The van der Waals surface area contributed by atoms with Crippen LogP contribution < -0.4 is 5.32 Å². The van der Waals surface area contributed by atoms with Gasteiger partial charge < -0.3 is 9.88 Å². The number of nitrogens with zero attached hydrogens (tertiary/aromatic N) is 4. The van der Waals surface area contributed by atoms with Gasteiger partial charge in [-0.25, -0.2) is 0 Å². The Morgan fingerprint density at radius 3 is 2.73 bits per heavy atom. The number of pyridine rings is 1. The molecule has 0 aliphatic heterocycles. The SMILES string of the molecule is CCc1ccccc1NC(=O)CSc1nnc(-c2cccnc2)n1CC. The highest BCUT2D eigenvalue weighted by molar-refractivity contribution is 7.99. The highest BCUT2D eigenvalue weighted by Crippen LogP contribution is 2.24. The summed E-state index contributed by atoms with van der Waals surface area (Å²) in [6, 6.07) is 11.7. The maximum Gasteiger partial charge on any atom is 0.234 e. The van der Waals surface area contributed by atoms with Crippen molar-refractivity contribution in [1.82, 2.24) is 19.7 Å². The van der Waals surface area contributed by atoms with Crippen molar-refractivity contribution in [3.05, 3.63) is 54.4 Å². The fraction of sp³-hybridized carbons (Fsp3) is 0.263. The summed E-state index contributed by atoms with van der Waals surface area (Å²) in [4.78, 5) is 16.5. The van der Waals surface area contributed by atoms with Crippen LogP contribution >= 0.6 is 11.8 Å². The van der Waals surface area contributed by atoms with E-state index in [4.69, 9.17) is 0 Å².